The van der Waals surface area contributed by atoms with Gasteiger partial charge in [0.1, 0.15) is 17.3 Å². The topological polar surface area (TPSA) is 96.9 Å². The van der Waals surface area contributed by atoms with Crippen LogP contribution in [0.3, 0.4) is 0 Å². The minimum absolute atomic E-state index is 0.0621. The van der Waals surface area contributed by atoms with Crippen LogP contribution in [0.4, 0.5) is 10.2 Å². The van der Waals surface area contributed by atoms with E-state index in [0.29, 0.717) is 40.4 Å². The molecule has 7 rings (SSSR count). The number of nitrogens with two attached hydrogens (primary N) is 1. The molecule has 3 heterocycles. The van der Waals surface area contributed by atoms with E-state index in [9.17, 15) is 9.90 Å². The van der Waals surface area contributed by atoms with Gasteiger partial charge in [0.25, 0.3) is 5.56 Å². The van der Waals surface area contributed by atoms with Gasteiger partial charge >= 0.3 is 0 Å². The summed E-state index contributed by atoms with van der Waals surface area (Å²) < 4.78 is 16.7. The number of benzene rings is 2. The van der Waals surface area contributed by atoms with Crippen LogP contribution >= 0.6 is 0 Å². The number of anilines is 1. The lowest BCUT2D eigenvalue weighted by Crippen LogP contribution is -2.20. The van der Waals surface area contributed by atoms with Crippen LogP contribution in [0.15, 0.2) is 59.5 Å². The van der Waals surface area contributed by atoms with Crippen molar-refractivity contribution >= 4 is 33.2 Å². The summed E-state index contributed by atoms with van der Waals surface area (Å²) in [5.74, 6) is 0.320. The van der Waals surface area contributed by atoms with Crippen molar-refractivity contribution in [1.82, 2.24) is 14.5 Å². The van der Waals surface area contributed by atoms with Gasteiger partial charge in [0, 0.05) is 28.4 Å². The first-order valence-electron chi connectivity index (χ1n) is 14.6. The number of hydrogen-bond acceptors (Lipinski definition) is 4. The number of pyridine rings is 2. The first-order chi connectivity index (χ1) is 20.0. The summed E-state index contributed by atoms with van der Waals surface area (Å²) >= 11 is 0. The Kier molecular flexibility index (Phi) is 6.27. The molecule has 0 radical (unpaired) electrons. The van der Waals surface area contributed by atoms with Crippen LogP contribution in [-0.4, -0.2) is 19.6 Å². The number of rotatable bonds is 6. The predicted molar refractivity (Wildman–Crippen MR) is 163 cm³/mol. The van der Waals surface area contributed by atoms with Crippen LogP contribution < -0.4 is 11.3 Å². The predicted octanol–water partition coefficient (Wildman–Crippen LogP) is 7.14. The molecular formula is C34H33FN4O2. The van der Waals surface area contributed by atoms with Gasteiger partial charge in [0.05, 0.1) is 17.7 Å². The van der Waals surface area contributed by atoms with Crippen LogP contribution in [0, 0.1) is 5.82 Å². The monoisotopic (exact) mass is 548 g/mol. The molecule has 0 saturated heterocycles. The van der Waals surface area contributed by atoms with Gasteiger partial charge in [-0.1, -0.05) is 31.2 Å². The Bertz CT molecular complexity index is 1930. The Labute approximate surface area is 237 Å². The molecular weight excluding hydrogens is 515 g/mol. The third-order valence-electron chi connectivity index (χ3n) is 8.77. The highest BCUT2D eigenvalue weighted by atomic mass is 19.1. The standard InChI is InChI=1S/C34H33FN4O2/c1-2-23-31(25-17-28(20-7-4-3-5-8-20)37-33(25)38-32(23)36)24-9-6-10-29(26(24)18-40)39-14-13-21-15-22(19-11-12-19)16-27(35)30(21)34(39)41/h6-7,9-10,13-17,19,40H,2-5,8,11-12,18H2,1H3,(H3,36,37,38). The number of hydrogen-bond donors (Lipinski definition) is 3. The molecule has 0 atom stereocenters. The maximum atomic E-state index is 15.3. The summed E-state index contributed by atoms with van der Waals surface area (Å²) in [6.45, 7) is 1.73. The lowest BCUT2D eigenvalue weighted by atomic mass is 9.91. The summed E-state index contributed by atoms with van der Waals surface area (Å²) in [6, 6.07) is 13.0. The van der Waals surface area contributed by atoms with E-state index < -0.39 is 11.4 Å². The number of halogens is 1. The Morgan fingerprint density at radius 2 is 2.00 bits per heavy atom. The zero-order chi connectivity index (χ0) is 28.2. The molecule has 5 aromatic rings. The first kappa shape index (κ1) is 25.7. The number of aliphatic hydroxyl groups is 1. The van der Waals surface area contributed by atoms with Crippen LogP contribution in [0.5, 0.6) is 0 Å². The Hall–Kier alpha value is -4.23. The number of nitrogen functional groups attached to an aromatic ring is 1. The largest absolute Gasteiger partial charge is 0.392 e. The van der Waals surface area contributed by atoms with E-state index >= 15 is 4.39 Å². The molecule has 0 unspecified atom stereocenters. The van der Waals surface area contributed by atoms with E-state index in [1.54, 1.807) is 18.3 Å². The van der Waals surface area contributed by atoms with Crippen molar-refractivity contribution in [3.8, 4) is 16.8 Å². The van der Waals surface area contributed by atoms with Gasteiger partial charge in [0.15, 0.2) is 0 Å². The van der Waals surface area contributed by atoms with Crippen molar-refractivity contribution in [2.24, 2.45) is 0 Å². The van der Waals surface area contributed by atoms with Crippen LogP contribution in [0.2, 0.25) is 0 Å². The third-order valence-corrected chi connectivity index (χ3v) is 8.77. The molecule has 6 nitrogen and oxygen atoms in total. The van der Waals surface area contributed by atoms with Gasteiger partial charge < -0.3 is 15.8 Å². The molecule has 0 bridgehead atoms. The molecule has 3 aromatic heterocycles. The molecule has 2 aliphatic rings. The number of aliphatic hydroxyl groups excluding tert-OH is 1. The molecule has 2 aliphatic carbocycles. The van der Waals surface area contributed by atoms with Gasteiger partial charge in [-0.25, -0.2) is 9.37 Å². The normalized spacial score (nSPS) is 15.5. The maximum Gasteiger partial charge on any atom is 0.265 e. The van der Waals surface area contributed by atoms with Crippen molar-refractivity contribution < 1.29 is 9.50 Å². The van der Waals surface area contributed by atoms with Crippen molar-refractivity contribution in [2.45, 2.75) is 64.4 Å². The van der Waals surface area contributed by atoms with Crippen molar-refractivity contribution in [3.05, 3.63) is 93.3 Å². The number of allylic oxidation sites excluding steroid dienone is 2. The smallest absolute Gasteiger partial charge is 0.265 e. The number of aromatic nitrogens is 3. The fraction of sp³-hybridized carbons (Fsp3) is 0.294. The highest BCUT2D eigenvalue weighted by Gasteiger charge is 2.26. The van der Waals surface area contributed by atoms with E-state index in [0.717, 1.165) is 65.4 Å². The second-order valence-electron chi connectivity index (χ2n) is 11.3. The lowest BCUT2D eigenvalue weighted by molar-refractivity contribution is 0.282. The van der Waals surface area contributed by atoms with Crippen LogP contribution in [-0.2, 0) is 13.0 Å². The average molecular weight is 549 g/mol. The summed E-state index contributed by atoms with van der Waals surface area (Å²) in [4.78, 5) is 21.9. The quantitative estimate of drug-likeness (QED) is 0.210. The highest BCUT2D eigenvalue weighted by molar-refractivity contribution is 6.00. The molecule has 0 amide bonds. The average Bonchev–Trinajstić information content (AvgIpc) is 3.76. The van der Waals surface area contributed by atoms with Gasteiger partial charge in [-0.3, -0.25) is 9.36 Å². The highest BCUT2D eigenvalue weighted by Crippen LogP contribution is 2.42. The maximum absolute atomic E-state index is 15.3. The lowest BCUT2D eigenvalue weighted by Gasteiger charge is -2.19. The number of fused-ring (bicyclic) bond motifs is 2. The van der Waals surface area contributed by atoms with E-state index in [-0.39, 0.29) is 12.0 Å². The van der Waals surface area contributed by atoms with Crippen LogP contribution in [0.1, 0.15) is 73.8 Å². The summed E-state index contributed by atoms with van der Waals surface area (Å²) in [7, 11) is 0. The molecule has 0 spiro atoms. The van der Waals surface area contributed by atoms with E-state index in [2.05, 4.69) is 17.1 Å². The number of aromatic amines is 1. The Balaban J connectivity index is 1.44. The molecule has 1 saturated carbocycles. The molecule has 2 aromatic carbocycles. The van der Waals surface area contributed by atoms with E-state index in [1.807, 2.05) is 25.1 Å². The minimum Gasteiger partial charge on any atom is -0.392 e. The third kappa shape index (κ3) is 4.27. The van der Waals surface area contributed by atoms with Gasteiger partial charge in [-0.05, 0) is 103 Å². The Morgan fingerprint density at radius 3 is 2.73 bits per heavy atom. The molecule has 41 heavy (non-hydrogen) atoms. The number of H-pyrrole nitrogens is 1. The second-order valence-corrected chi connectivity index (χ2v) is 11.3. The van der Waals surface area contributed by atoms with Crippen LogP contribution in [0.25, 0.3) is 44.2 Å². The summed E-state index contributed by atoms with van der Waals surface area (Å²) in [6.07, 6.45) is 11.2. The number of nitrogens with zero attached hydrogens (tertiary/aromatic N) is 2. The molecule has 208 valence electrons. The first-order valence-corrected chi connectivity index (χ1v) is 14.6. The molecule has 1 fully saturated rings. The Morgan fingerprint density at radius 1 is 1.15 bits per heavy atom. The molecule has 7 heteroatoms. The van der Waals surface area contributed by atoms with E-state index in [1.165, 1.54) is 22.6 Å². The van der Waals surface area contributed by atoms with Crippen molar-refractivity contribution in [2.75, 3.05) is 5.73 Å². The molecule has 4 N–H and O–H groups in total. The SMILES string of the molecule is CCc1c(N)nc2[nH]c(C3=CCCCC3)cc2c1-c1cccc(-n2ccc3cc(C4CC4)cc(F)c3c2=O)c1CO. The fourth-order valence-corrected chi connectivity index (χ4v) is 6.51. The van der Waals surface area contributed by atoms with Gasteiger partial charge in [-0.2, -0.15) is 0 Å². The molecule has 0 aliphatic heterocycles. The van der Waals surface area contributed by atoms with Gasteiger partial charge in [-0.15, -0.1) is 0 Å². The summed E-state index contributed by atoms with van der Waals surface area (Å²) in [5, 5.41) is 12.3. The second kappa shape index (κ2) is 10.00. The number of nitrogens with one attached hydrogen (secondary N) is 1. The summed E-state index contributed by atoms with van der Waals surface area (Å²) in [5.41, 5.74) is 13.7. The van der Waals surface area contributed by atoms with Crippen molar-refractivity contribution in [3.63, 3.8) is 0 Å². The minimum atomic E-state index is -0.501. The zero-order valence-electron chi connectivity index (χ0n) is 23.1. The zero-order valence-corrected chi connectivity index (χ0v) is 23.1. The van der Waals surface area contributed by atoms with E-state index in [4.69, 9.17) is 10.7 Å². The fourth-order valence-electron chi connectivity index (χ4n) is 6.51. The van der Waals surface area contributed by atoms with Gasteiger partial charge in [0.2, 0.25) is 0 Å². The van der Waals surface area contributed by atoms with Crippen molar-refractivity contribution in [1.29, 1.82) is 0 Å².